The Hall–Kier alpha value is -2.13. The Balaban J connectivity index is 1.96. The molecule has 0 saturated heterocycles. The van der Waals surface area contributed by atoms with Crippen molar-refractivity contribution in [3.8, 4) is 0 Å². The van der Waals surface area contributed by atoms with Crippen LogP contribution < -0.4 is 10.2 Å². The summed E-state index contributed by atoms with van der Waals surface area (Å²) in [6, 6.07) is 20.0. The molecule has 0 bridgehead atoms. The minimum absolute atomic E-state index is 0.155. The van der Waals surface area contributed by atoms with Crippen LogP contribution in [0.15, 0.2) is 60.7 Å². The zero-order valence-electron chi connectivity index (χ0n) is 14.7. The van der Waals surface area contributed by atoms with Gasteiger partial charge in [0.1, 0.15) is 0 Å². The van der Waals surface area contributed by atoms with E-state index in [4.69, 9.17) is 0 Å². The Labute approximate surface area is 145 Å². The number of anilines is 1. The second-order valence-corrected chi connectivity index (χ2v) is 6.48. The zero-order valence-corrected chi connectivity index (χ0v) is 14.7. The Kier molecular flexibility index (Phi) is 7.50. The number of carbonyl (C=O) groups excluding carboxylic acids is 1. The van der Waals surface area contributed by atoms with E-state index in [1.54, 1.807) is 0 Å². The highest BCUT2D eigenvalue weighted by atomic mass is 16.2. The standard InChI is InChI=1S/C21H28N2O/c1-18(2)13-15-22-16-14-21(24)23(20-11-7-4-8-12-20)17-19-9-5-3-6-10-19/h3-12,18,22H,13-17H2,1-2H3. The monoisotopic (exact) mass is 324 g/mol. The van der Waals surface area contributed by atoms with Crippen LogP contribution in [0.2, 0.25) is 0 Å². The van der Waals surface area contributed by atoms with Gasteiger partial charge in [0, 0.05) is 18.7 Å². The summed E-state index contributed by atoms with van der Waals surface area (Å²) in [7, 11) is 0. The van der Waals surface area contributed by atoms with Gasteiger partial charge in [-0.3, -0.25) is 4.79 Å². The third-order valence-electron chi connectivity index (χ3n) is 3.97. The van der Waals surface area contributed by atoms with E-state index in [9.17, 15) is 4.79 Å². The van der Waals surface area contributed by atoms with E-state index in [2.05, 4.69) is 31.3 Å². The van der Waals surface area contributed by atoms with E-state index in [1.165, 1.54) is 0 Å². The van der Waals surface area contributed by atoms with Gasteiger partial charge < -0.3 is 10.2 Å². The fraction of sp³-hybridized carbons (Fsp3) is 0.381. The minimum Gasteiger partial charge on any atom is -0.316 e. The predicted octanol–water partition coefficient (Wildman–Crippen LogP) is 4.25. The molecule has 0 unspecified atom stereocenters. The summed E-state index contributed by atoms with van der Waals surface area (Å²) in [5, 5.41) is 3.37. The number of rotatable bonds is 9. The summed E-state index contributed by atoms with van der Waals surface area (Å²) in [4.78, 5) is 14.6. The third-order valence-corrected chi connectivity index (χ3v) is 3.97. The van der Waals surface area contributed by atoms with Gasteiger partial charge in [-0.2, -0.15) is 0 Å². The Morgan fingerprint density at radius 2 is 1.58 bits per heavy atom. The van der Waals surface area contributed by atoms with E-state index < -0.39 is 0 Å². The van der Waals surface area contributed by atoms with Crippen molar-refractivity contribution in [3.05, 3.63) is 66.2 Å². The number of para-hydroxylation sites is 1. The SMILES string of the molecule is CC(C)CCNCCC(=O)N(Cc1ccccc1)c1ccccc1. The van der Waals surface area contributed by atoms with Crippen LogP contribution >= 0.6 is 0 Å². The van der Waals surface area contributed by atoms with Crippen molar-refractivity contribution in [3.63, 3.8) is 0 Å². The van der Waals surface area contributed by atoms with Crippen molar-refractivity contribution in [2.45, 2.75) is 33.2 Å². The lowest BCUT2D eigenvalue weighted by Crippen LogP contribution is -2.33. The number of benzene rings is 2. The second-order valence-electron chi connectivity index (χ2n) is 6.48. The quantitative estimate of drug-likeness (QED) is 0.700. The highest BCUT2D eigenvalue weighted by Gasteiger charge is 2.15. The normalized spacial score (nSPS) is 10.8. The molecule has 0 radical (unpaired) electrons. The van der Waals surface area contributed by atoms with Crippen LogP contribution in [0.25, 0.3) is 0 Å². The van der Waals surface area contributed by atoms with Crippen molar-refractivity contribution in [2.75, 3.05) is 18.0 Å². The highest BCUT2D eigenvalue weighted by Crippen LogP contribution is 2.18. The molecule has 0 aliphatic heterocycles. The first kappa shape index (κ1) is 18.2. The van der Waals surface area contributed by atoms with Crippen molar-refractivity contribution in [2.24, 2.45) is 5.92 Å². The van der Waals surface area contributed by atoms with Gasteiger partial charge in [-0.1, -0.05) is 62.4 Å². The van der Waals surface area contributed by atoms with E-state index >= 15 is 0 Å². The average Bonchev–Trinajstić information content (AvgIpc) is 2.60. The molecule has 24 heavy (non-hydrogen) atoms. The van der Waals surface area contributed by atoms with Crippen LogP contribution in [0, 0.1) is 5.92 Å². The predicted molar refractivity (Wildman–Crippen MR) is 101 cm³/mol. The third kappa shape index (κ3) is 6.17. The molecule has 1 amide bonds. The number of amides is 1. The molecule has 0 spiro atoms. The summed E-state index contributed by atoms with van der Waals surface area (Å²) in [6.07, 6.45) is 1.65. The number of hydrogen-bond donors (Lipinski definition) is 1. The van der Waals surface area contributed by atoms with Gasteiger partial charge in [0.05, 0.1) is 6.54 Å². The van der Waals surface area contributed by atoms with Gasteiger partial charge in [-0.15, -0.1) is 0 Å². The van der Waals surface area contributed by atoms with Crippen LogP contribution in [-0.4, -0.2) is 19.0 Å². The van der Waals surface area contributed by atoms with Crippen molar-refractivity contribution < 1.29 is 4.79 Å². The zero-order chi connectivity index (χ0) is 17.2. The molecule has 0 aliphatic carbocycles. The Morgan fingerprint density at radius 3 is 2.21 bits per heavy atom. The van der Waals surface area contributed by atoms with E-state index in [1.807, 2.05) is 53.4 Å². The molecule has 3 nitrogen and oxygen atoms in total. The molecule has 128 valence electrons. The van der Waals surface area contributed by atoms with E-state index in [0.717, 1.165) is 30.8 Å². The first-order valence-corrected chi connectivity index (χ1v) is 8.77. The lowest BCUT2D eigenvalue weighted by Gasteiger charge is -2.23. The fourth-order valence-corrected chi connectivity index (χ4v) is 2.54. The molecular formula is C21H28N2O. The Bertz CT molecular complexity index is 596. The molecule has 0 heterocycles. The smallest absolute Gasteiger partial charge is 0.228 e. The largest absolute Gasteiger partial charge is 0.316 e. The van der Waals surface area contributed by atoms with Crippen LogP contribution in [0.5, 0.6) is 0 Å². The molecule has 0 aromatic heterocycles. The minimum atomic E-state index is 0.155. The second kappa shape index (κ2) is 9.89. The number of nitrogens with one attached hydrogen (secondary N) is 1. The molecule has 2 rings (SSSR count). The van der Waals surface area contributed by atoms with Gasteiger partial charge in [0.15, 0.2) is 0 Å². The lowest BCUT2D eigenvalue weighted by molar-refractivity contribution is -0.118. The molecule has 2 aromatic carbocycles. The van der Waals surface area contributed by atoms with Crippen molar-refractivity contribution in [1.29, 1.82) is 0 Å². The van der Waals surface area contributed by atoms with E-state index in [0.29, 0.717) is 18.9 Å². The lowest BCUT2D eigenvalue weighted by atomic mass is 10.1. The topological polar surface area (TPSA) is 32.3 Å². The van der Waals surface area contributed by atoms with Crippen LogP contribution in [0.4, 0.5) is 5.69 Å². The van der Waals surface area contributed by atoms with Crippen LogP contribution in [0.3, 0.4) is 0 Å². The van der Waals surface area contributed by atoms with Crippen LogP contribution in [-0.2, 0) is 11.3 Å². The average molecular weight is 324 g/mol. The van der Waals surface area contributed by atoms with Crippen LogP contribution in [0.1, 0.15) is 32.3 Å². The van der Waals surface area contributed by atoms with Gasteiger partial charge in [0.2, 0.25) is 5.91 Å². The Morgan fingerprint density at radius 1 is 0.958 bits per heavy atom. The molecule has 2 aromatic rings. The van der Waals surface area contributed by atoms with Gasteiger partial charge >= 0.3 is 0 Å². The van der Waals surface area contributed by atoms with Gasteiger partial charge in [-0.25, -0.2) is 0 Å². The van der Waals surface area contributed by atoms with Crippen molar-refractivity contribution >= 4 is 11.6 Å². The first-order valence-electron chi connectivity index (χ1n) is 8.77. The van der Waals surface area contributed by atoms with Gasteiger partial charge in [0.25, 0.3) is 0 Å². The molecular weight excluding hydrogens is 296 g/mol. The summed E-state index contributed by atoms with van der Waals surface area (Å²) in [5.41, 5.74) is 2.09. The molecule has 3 heteroatoms. The molecule has 1 N–H and O–H groups in total. The molecule has 0 aliphatic rings. The number of nitrogens with zero attached hydrogens (tertiary/aromatic N) is 1. The molecule has 0 saturated carbocycles. The van der Waals surface area contributed by atoms with E-state index in [-0.39, 0.29) is 5.91 Å². The molecule has 0 atom stereocenters. The maximum atomic E-state index is 12.7. The highest BCUT2D eigenvalue weighted by molar-refractivity contribution is 5.93. The maximum Gasteiger partial charge on any atom is 0.228 e. The fourth-order valence-electron chi connectivity index (χ4n) is 2.54. The maximum absolute atomic E-state index is 12.7. The summed E-state index contributed by atoms with van der Waals surface area (Å²) in [6.45, 7) is 6.72. The van der Waals surface area contributed by atoms with Gasteiger partial charge in [-0.05, 0) is 36.6 Å². The first-order chi connectivity index (χ1) is 11.7. The summed E-state index contributed by atoms with van der Waals surface area (Å²) < 4.78 is 0. The number of hydrogen-bond acceptors (Lipinski definition) is 2. The summed E-state index contributed by atoms with van der Waals surface area (Å²) in [5.74, 6) is 0.842. The van der Waals surface area contributed by atoms with Crippen molar-refractivity contribution in [1.82, 2.24) is 5.32 Å². The number of carbonyl (C=O) groups is 1. The summed E-state index contributed by atoms with van der Waals surface area (Å²) >= 11 is 0. The molecule has 0 fully saturated rings.